The van der Waals surface area contributed by atoms with E-state index in [2.05, 4.69) is 104 Å². The third-order valence-electron chi connectivity index (χ3n) is 7.73. The van der Waals surface area contributed by atoms with E-state index in [9.17, 15) is 0 Å². The molecule has 2 aliphatic heterocycles. The lowest BCUT2D eigenvalue weighted by Gasteiger charge is -2.48. The topological polar surface area (TPSA) is 21.1 Å². The molecule has 0 bridgehead atoms. The lowest BCUT2D eigenvalue weighted by Crippen LogP contribution is -2.44. The first-order valence-electron chi connectivity index (χ1n) is 11.8. The summed E-state index contributed by atoms with van der Waals surface area (Å²) in [6, 6.07) is 24.0. The van der Waals surface area contributed by atoms with Crippen LogP contribution < -0.4 is 4.90 Å². The van der Waals surface area contributed by atoms with Crippen molar-refractivity contribution in [1.29, 1.82) is 0 Å². The number of fused-ring (bicyclic) bond motifs is 1. The Balaban J connectivity index is 1.68. The Morgan fingerprint density at radius 3 is 2.00 bits per heavy atom. The van der Waals surface area contributed by atoms with Crippen molar-refractivity contribution in [1.82, 2.24) is 9.55 Å². The number of aromatic nitrogens is 2. The Morgan fingerprint density at radius 2 is 1.34 bits per heavy atom. The van der Waals surface area contributed by atoms with Gasteiger partial charge in [0.1, 0.15) is 5.82 Å². The molecule has 2 aliphatic rings. The van der Waals surface area contributed by atoms with Crippen LogP contribution >= 0.6 is 0 Å². The Hall–Kier alpha value is -3.07. The minimum Gasteiger partial charge on any atom is -0.371 e. The van der Waals surface area contributed by atoms with Crippen molar-refractivity contribution in [3.05, 3.63) is 77.9 Å². The molecule has 3 aromatic carbocycles. The van der Waals surface area contributed by atoms with E-state index in [0.717, 1.165) is 35.6 Å². The van der Waals surface area contributed by atoms with E-state index in [1.807, 2.05) is 0 Å². The SMILES string of the molecule is CC1(C)CCN2CCC(C)(C)c3cc(-c4nc5ccccc5n4-c4ccccc4)cc1c32. The van der Waals surface area contributed by atoms with Crippen molar-refractivity contribution >= 4 is 16.7 Å². The third-order valence-corrected chi connectivity index (χ3v) is 7.73. The molecular formula is C29H31N3. The molecule has 3 heteroatoms. The number of benzene rings is 3. The monoisotopic (exact) mass is 421 g/mol. The Kier molecular flexibility index (Phi) is 4.11. The second-order valence-electron chi connectivity index (χ2n) is 10.8. The normalized spacial score (nSPS) is 18.6. The summed E-state index contributed by atoms with van der Waals surface area (Å²) in [7, 11) is 0. The smallest absolute Gasteiger partial charge is 0.145 e. The maximum absolute atomic E-state index is 5.17. The number of nitrogens with zero attached hydrogens (tertiary/aromatic N) is 3. The van der Waals surface area contributed by atoms with Gasteiger partial charge in [0.2, 0.25) is 0 Å². The number of hydrogen-bond acceptors (Lipinski definition) is 2. The van der Waals surface area contributed by atoms with Crippen LogP contribution in [-0.2, 0) is 10.8 Å². The van der Waals surface area contributed by atoms with Gasteiger partial charge in [0, 0.05) is 30.0 Å². The van der Waals surface area contributed by atoms with Crippen LogP contribution in [0.3, 0.4) is 0 Å². The highest BCUT2D eigenvalue weighted by molar-refractivity contribution is 5.84. The van der Waals surface area contributed by atoms with Crippen molar-refractivity contribution in [2.24, 2.45) is 0 Å². The van der Waals surface area contributed by atoms with Crippen molar-refractivity contribution in [2.45, 2.75) is 51.4 Å². The molecule has 0 aliphatic carbocycles. The van der Waals surface area contributed by atoms with E-state index in [-0.39, 0.29) is 10.8 Å². The lowest BCUT2D eigenvalue weighted by molar-refractivity contribution is 0.402. The second-order valence-corrected chi connectivity index (χ2v) is 10.8. The predicted octanol–water partition coefficient (Wildman–Crippen LogP) is 6.86. The third kappa shape index (κ3) is 2.83. The van der Waals surface area contributed by atoms with Gasteiger partial charge in [-0.05, 0) is 71.2 Å². The summed E-state index contributed by atoms with van der Waals surface area (Å²) in [5.74, 6) is 1.03. The van der Waals surface area contributed by atoms with Crippen LogP contribution in [0.15, 0.2) is 66.7 Å². The zero-order valence-electron chi connectivity index (χ0n) is 19.5. The Labute approximate surface area is 190 Å². The van der Waals surface area contributed by atoms with E-state index in [4.69, 9.17) is 4.98 Å². The van der Waals surface area contributed by atoms with Gasteiger partial charge in [-0.2, -0.15) is 0 Å². The van der Waals surface area contributed by atoms with Gasteiger partial charge in [0.05, 0.1) is 11.0 Å². The van der Waals surface area contributed by atoms with E-state index in [1.165, 1.54) is 35.2 Å². The molecule has 0 saturated carbocycles. The fourth-order valence-electron chi connectivity index (χ4n) is 5.63. The van der Waals surface area contributed by atoms with Gasteiger partial charge in [-0.15, -0.1) is 0 Å². The largest absolute Gasteiger partial charge is 0.371 e. The zero-order valence-corrected chi connectivity index (χ0v) is 19.5. The van der Waals surface area contributed by atoms with E-state index >= 15 is 0 Å². The minimum absolute atomic E-state index is 0.160. The van der Waals surface area contributed by atoms with Crippen molar-refractivity contribution in [3.8, 4) is 17.1 Å². The van der Waals surface area contributed by atoms with Gasteiger partial charge in [-0.1, -0.05) is 58.0 Å². The molecule has 0 amide bonds. The highest BCUT2D eigenvalue weighted by Crippen LogP contribution is 2.50. The predicted molar refractivity (Wildman–Crippen MR) is 134 cm³/mol. The van der Waals surface area contributed by atoms with E-state index in [0.29, 0.717) is 0 Å². The molecule has 3 heterocycles. The standard InChI is InChI=1S/C29H31N3/c1-28(2)14-16-31-17-15-29(3,4)23-19-20(18-22(28)26(23)31)27-30-24-12-8-9-13-25(24)32(27)21-10-6-5-7-11-21/h5-13,18-19H,14-17H2,1-4H3. The summed E-state index contributed by atoms with van der Waals surface area (Å²) in [6.07, 6.45) is 2.39. The fourth-order valence-corrected chi connectivity index (χ4v) is 5.63. The number of imidazole rings is 1. The highest BCUT2D eigenvalue weighted by atomic mass is 15.2. The molecule has 0 radical (unpaired) electrons. The maximum atomic E-state index is 5.17. The van der Waals surface area contributed by atoms with Crippen LogP contribution in [0.5, 0.6) is 0 Å². The molecular weight excluding hydrogens is 390 g/mol. The van der Waals surface area contributed by atoms with Gasteiger partial charge in [0.15, 0.2) is 0 Å². The van der Waals surface area contributed by atoms with Crippen LogP contribution in [0, 0.1) is 0 Å². The Bertz CT molecular complexity index is 1290. The van der Waals surface area contributed by atoms with Crippen LogP contribution in [0.2, 0.25) is 0 Å². The summed E-state index contributed by atoms with van der Waals surface area (Å²) < 4.78 is 2.33. The minimum atomic E-state index is 0.160. The van der Waals surface area contributed by atoms with Crippen LogP contribution in [-0.4, -0.2) is 22.6 Å². The molecule has 3 nitrogen and oxygen atoms in total. The average Bonchev–Trinajstić information content (AvgIpc) is 3.18. The molecule has 0 atom stereocenters. The molecule has 162 valence electrons. The molecule has 0 spiro atoms. The molecule has 0 N–H and O–H groups in total. The molecule has 4 aromatic rings. The summed E-state index contributed by atoms with van der Waals surface area (Å²) >= 11 is 0. The molecule has 32 heavy (non-hydrogen) atoms. The van der Waals surface area contributed by atoms with Gasteiger partial charge in [0.25, 0.3) is 0 Å². The number of anilines is 1. The molecule has 6 rings (SSSR count). The average molecular weight is 422 g/mol. The summed E-state index contributed by atoms with van der Waals surface area (Å²) in [6.45, 7) is 11.9. The van der Waals surface area contributed by atoms with E-state index < -0.39 is 0 Å². The highest BCUT2D eigenvalue weighted by Gasteiger charge is 2.40. The van der Waals surface area contributed by atoms with Gasteiger partial charge < -0.3 is 4.90 Å². The number of rotatable bonds is 2. The second kappa shape index (κ2) is 6.71. The van der Waals surface area contributed by atoms with Crippen molar-refractivity contribution in [2.75, 3.05) is 18.0 Å². The molecule has 1 aromatic heterocycles. The first kappa shape index (κ1) is 19.6. The Morgan fingerprint density at radius 1 is 0.750 bits per heavy atom. The maximum Gasteiger partial charge on any atom is 0.145 e. The van der Waals surface area contributed by atoms with Gasteiger partial charge >= 0.3 is 0 Å². The summed E-state index contributed by atoms with van der Waals surface area (Å²) in [5.41, 5.74) is 9.35. The summed E-state index contributed by atoms with van der Waals surface area (Å²) in [5, 5.41) is 0. The van der Waals surface area contributed by atoms with Crippen molar-refractivity contribution in [3.63, 3.8) is 0 Å². The lowest BCUT2D eigenvalue weighted by atomic mass is 9.69. The molecule has 0 fully saturated rings. The first-order valence-corrected chi connectivity index (χ1v) is 11.8. The van der Waals surface area contributed by atoms with Crippen LogP contribution in [0.4, 0.5) is 5.69 Å². The molecule has 0 unspecified atom stereocenters. The zero-order chi connectivity index (χ0) is 22.1. The molecule has 0 saturated heterocycles. The van der Waals surface area contributed by atoms with Crippen LogP contribution in [0.1, 0.15) is 51.7 Å². The number of para-hydroxylation sites is 3. The summed E-state index contributed by atoms with van der Waals surface area (Å²) in [4.78, 5) is 7.80. The number of hydrogen-bond donors (Lipinski definition) is 0. The van der Waals surface area contributed by atoms with E-state index in [1.54, 1.807) is 0 Å². The fraction of sp³-hybridized carbons (Fsp3) is 0.345. The quantitative estimate of drug-likeness (QED) is 0.352. The van der Waals surface area contributed by atoms with Gasteiger partial charge in [-0.25, -0.2) is 4.98 Å². The van der Waals surface area contributed by atoms with Crippen LogP contribution in [0.25, 0.3) is 28.1 Å². The first-order chi connectivity index (χ1) is 15.4. The van der Waals surface area contributed by atoms with Gasteiger partial charge in [-0.3, -0.25) is 4.57 Å². The van der Waals surface area contributed by atoms with Crippen molar-refractivity contribution < 1.29 is 0 Å².